The van der Waals surface area contributed by atoms with Gasteiger partial charge in [0.2, 0.25) is 0 Å². The van der Waals surface area contributed by atoms with Gasteiger partial charge in [0.15, 0.2) is 0 Å². The van der Waals surface area contributed by atoms with Gasteiger partial charge in [-0.3, -0.25) is 4.90 Å². The minimum absolute atomic E-state index is 0.698. The molecule has 0 aromatic rings. The van der Waals surface area contributed by atoms with Gasteiger partial charge in [0, 0.05) is 18.6 Å². The monoisotopic (exact) mass is 212 g/mol. The summed E-state index contributed by atoms with van der Waals surface area (Å²) in [6, 6.07) is 1.49. The second kappa shape index (κ2) is 6.49. The first-order valence-electron chi connectivity index (χ1n) is 6.66. The zero-order valence-corrected chi connectivity index (χ0v) is 10.9. The van der Waals surface area contributed by atoms with Gasteiger partial charge in [0.05, 0.1) is 0 Å². The SMILES string of the molecule is CC[C@@H](NC[C@H]1CCCN1CC)C(C)C. The highest BCUT2D eigenvalue weighted by molar-refractivity contribution is 4.82. The fraction of sp³-hybridized carbons (Fsp3) is 1.00. The molecule has 0 aliphatic carbocycles. The third-order valence-electron chi connectivity index (χ3n) is 3.77. The number of likely N-dealkylation sites (tertiary alicyclic amines) is 1. The molecule has 1 N–H and O–H groups in total. The number of likely N-dealkylation sites (N-methyl/N-ethyl adjacent to an activating group) is 1. The second-order valence-corrected chi connectivity index (χ2v) is 5.09. The van der Waals surface area contributed by atoms with Gasteiger partial charge in [-0.25, -0.2) is 0 Å². The van der Waals surface area contributed by atoms with Gasteiger partial charge < -0.3 is 5.32 Å². The first-order valence-corrected chi connectivity index (χ1v) is 6.66. The van der Waals surface area contributed by atoms with E-state index in [0.717, 1.165) is 12.0 Å². The fourth-order valence-electron chi connectivity index (χ4n) is 2.68. The van der Waals surface area contributed by atoms with Crippen LogP contribution in [0.4, 0.5) is 0 Å². The molecule has 2 heteroatoms. The van der Waals surface area contributed by atoms with Crippen LogP contribution in [0.25, 0.3) is 0 Å². The van der Waals surface area contributed by atoms with Crippen molar-refractivity contribution >= 4 is 0 Å². The highest BCUT2D eigenvalue weighted by atomic mass is 15.2. The van der Waals surface area contributed by atoms with Gasteiger partial charge in [0.25, 0.3) is 0 Å². The molecular formula is C13H28N2. The topological polar surface area (TPSA) is 15.3 Å². The van der Waals surface area contributed by atoms with Crippen molar-refractivity contribution in [3.63, 3.8) is 0 Å². The van der Waals surface area contributed by atoms with Crippen molar-refractivity contribution < 1.29 is 0 Å². The van der Waals surface area contributed by atoms with E-state index in [9.17, 15) is 0 Å². The maximum atomic E-state index is 3.73. The van der Waals surface area contributed by atoms with Crippen LogP contribution in [0, 0.1) is 5.92 Å². The van der Waals surface area contributed by atoms with Crippen LogP contribution in [-0.2, 0) is 0 Å². The minimum Gasteiger partial charge on any atom is -0.312 e. The molecule has 1 fully saturated rings. The van der Waals surface area contributed by atoms with Crippen LogP contribution in [-0.4, -0.2) is 36.6 Å². The van der Waals surface area contributed by atoms with Crippen molar-refractivity contribution in [2.45, 2.75) is 59.0 Å². The lowest BCUT2D eigenvalue weighted by atomic mass is 10.0. The van der Waals surface area contributed by atoms with E-state index in [4.69, 9.17) is 0 Å². The van der Waals surface area contributed by atoms with Gasteiger partial charge >= 0.3 is 0 Å². The summed E-state index contributed by atoms with van der Waals surface area (Å²) in [4.78, 5) is 2.61. The first-order chi connectivity index (χ1) is 7.19. The number of hydrogen-bond acceptors (Lipinski definition) is 2. The summed E-state index contributed by atoms with van der Waals surface area (Å²) in [7, 11) is 0. The lowest BCUT2D eigenvalue weighted by Gasteiger charge is -2.27. The molecule has 0 amide bonds. The summed E-state index contributed by atoms with van der Waals surface area (Å²) in [5, 5.41) is 3.73. The number of hydrogen-bond donors (Lipinski definition) is 1. The van der Waals surface area contributed by atoms with Crippen LogP contribution >= 0.6 is 0 Å². The van der Waals surface area contributed by atoms with E-state index in [0.29, 0.717) is 6.04 Å². The molecule has 1 saturated heterocycles. The Labute approximate surface area is 95.4 Å². The maximum absolute atomic E-state index is 3.73. The first kappa shape index (κ1) is 13.0. The Bertz CT molecular complexity index is 168. The number of nitrogens with one attached hydrogen (secondary N) is 1. The van der Waals surface area contributed by atoms with Crippen molar-refractivity contribution in [3.8, 4) is 0 Å². The summed E-state index contributed by atoms with van der Waals surface area (Å²) >= 11 is 0. The van der Waals surface area contributed by atoms with E-state index in [1.807, 2.05) is 0 Å². The third-order valence-corrected chi connectivity index (χ3v) is 3.77. The van der Waals surface area contributed by atoms with Crippen LogP contribution in [0.5, 0.6) is 0 Å². The van der Waals surface area contributed by atoms with Crippen LogP contribution in [0.1, 0.15) is 47.0 Å². The average Bonchev–Trinajstić information content (AvgIpc) is 2.65. The molecule has 0 radical (unpaired) electrons. The van der Waals surface area contributed by atoms with Crippen LogP contribution in [0.3, 0.4) is 0 Å². The molecule has 0 unspecified atom stereocenters. The molecule has 0 spiro atoms. The van der Waals surface area contributed by atoms with Crippen LogP contribution in [0.2, 0.25) is 0 Å². The lowest BCUT2D eigenvalue weighted by molar-refractivity contribution is 0.244. The standard InChI is InChI=1S/C13H28N2/c1-5-13(11(3)4)14-10-12-8-7-9-15(12)6-2/h11-14H,5-10H2,1-4H3/t12-,13-/m1/s1. The zero-order chi connectivity index (χ0) is 11.3. The van der Waals surface area contributed by atoms with Crippen molar-refractivity contribution in [3.05, 3.63) is 0 Å². The number of nitrogens with zero attached hydrogens (tertiary/aromatic N) is 1. The number of rotatable bonds is 6. The van der Waals surface area contributed by atoms with Crippen molar-refractivity contribution in [1.82, 2.24) is 10.2 Å². The Kier molecular flexibility index (Phi) is 5.62. The molecule has 0 saturated carbocycles. The predicted molar refractivity (Wildman–Crippen MR) is 67.2 cm³/mol. The Balaban J connectivity index is 2.28. The highest BCUT2D eigenvalue weighted by Gasteiger charge is 2.23. The second-order valence-electron chi connectivity index (χ2n) is 5.09. The Hall–Kier alpha value is -0.0800. The average molecular weight is 212 g/mol. The van der Waals surface area contributed by atoms with E-state index >= 15 is 0 Å². The van der Waals surface area contributed by atoms with Crippen LogP contribution < -0.4 is 5.32 Å². The fourth-order valence-corrected chi connectivity index (χ4v) is 2.68. The molecule has 1 aliphatic heterocycles. The van der Waals surface area contributed by atoms with E-state index in [2.05, 4.69) is 37.9 Å². The van der Waals surface area contributed by atoms with Gasteiger partial charge in [0.1, 0.15) is 0 Å². The normalized spacial score (nSPS) is 25.0. The highest BCUT2D eigenvalue weighted by Crippen LogP contribution is 2.16. The Morgan fingerprint density at radius 1 is 1.33 bits per heavy atom. The van der Waals surface area contributed by atoms with Gasteiger partial charge in [-0.15, -0.1) is 0 Å². The molecule has 2 atom stereocenters. The summed E-state index contributed by atoms with van der Waals surface area (Å²) in [5.74, 6) is 0.756. The van der Waals surface area contributed by atoms with E-state index in [-0.39, 0.29) is 0 Å². The molecule has 90 valence electrons. The predicted octanol–water partition coefficient (Wildman–Crippen LogP) is 2.49. The molecule has 15 heavy (non-hydrogen) atoms. The largest absolute Gasteiger partial charge is 0.312 e. The van der Waals surface area contributed by atoms with Gasteiger partial charge in [-0.05, 0) is 38.3 Å². The van der Waals surface area contributed by atoms with Gasteiger partial charge in [-0.2, -0.15) is 0 Å². The van der Waals surface area contributed by atoms with Crippen molar-refractivity contribution in [1.29, 1.82) is 0 Å². The Morgan fingerprint density at radius 3 is 2.60 bits per heavy atom. The minimum atomic E-state index is 0.698. The van der Waals surface area contributed by atoms with E-state index in [1.54, 1.807) is 0 Å². The smallest absolute Gasteiger partial charge is 0.0221 e. The summed E-state index contributed by atoms with van der Waals surface area (Å²) in [6.45, 7) is 12.9. The molecule has 0 bridgehead atoms. The lowest BCUT2D eigenvalue weighted by Crippen LogP contribution is -2.43. The van der Waals surface area contributed by atoms with Crippen molar-refractivity contribution in [2.75, 3.05) is 19.6 Å². The molecule has 1 heterocycles. The molecule has 1 aliphatic rings. The molecule has 0 aromatic carbocycles. The van der Waals surface area contributed by atoms with Crippen molar-refractivity contribution in [2.24, 2.45) is 5.92 Å². The maximum Gasteiger partial charge on any atom is 0.0221 e. The Morgan fingerprint density at radius 2 is 2.07 bits per heavy atom. The summed E-state index contributed by atoms with van der Waals surface area (Å²) < 4.78 is 0. The van der Waals surface area contributed by atoms with Gasteiger partial charge in [-0.1, -0.05) is 27.7 Å². The quantitative estimate of drug-likeness (QED) is 0.728. The summed E-state index contributed by atoms with van der Waals surface area (Å²) in [5.41, 5.74) is 0. The molecular weight excluding hydrogens is 184 g/mol. The third kappa shape index (κ3) is 3.76. The van der Waals surface area contributed by atoms with E-state index < -0.39 is 0 Å². The molecule has 2 nitrogen and oxygen atoms in total. The van der Waals surface area contributed by atoms with Crippen LogP contribution in [0.15, 0.2) is 0 Å². The molecule has 0 aromatic heterocycles. The summed E-state index contributed by atoms with van der Waals surface area (Å²) in [6.07, 6.45) is 4.02. The van der Waals surface area contributed by atoms with E-state index in [1.165, 1.54) is 38.9 Å². The molecule has 1 rings (SSSR count). The zero-order valence-electron chi connectivity index (χ0n) is 10.9.